The topological polar surface area (TPSA) is 32.3 Å². The van der Waals surface area contributed by atoms with Crippen LogP contribution in [-0.4, -0.2) is 23.8 Å². The molecule has 0 heterocycles. The maximum absolute atomic E-state index is 9.47. The fraction of sp³-hybridized carbons (Fsp3) is 1.00. The van der Waals surface area contributed by atoms with Crippen molar-refractivity contribution in [2.24, 2.45) is 22.7 Å². The number of fused-ring (bicyclic) bond motifs is 2. The third kappa shape index (κ3) is 1.61. The van der Waals surface area contributed by atoms with Gasteiger partial charge in [0.1, 0.15) is 0 Å². The minimum absolute atomic E-state index is 0.369. The van der Waals surface area contributed by atoms with Crippen molar-refractivity contribution in [1.29, 1.82) is 0 Å². The molecule has 2 N–H and O–H groups in total. The summed E-state index contributed by atoms with van der Waals surface area (Å²) < 4.78 is 0. The lowest BCUT2D eigenvalue weighted by Crippen LogP contribution is -2.49. The van der Waals surface area contributed by atoms with Gasteiger partial charge in [-0.1, -0.05) is 27.2 Å². The van der Waals surface area contributed by atoms with E-state index in [0.717, 1.165) is 5.92 Å². The summed E-state index contributed by atoms with van der Waals surface area (Å²) in [6.07, 6.45) is 7.94. The van der Waals surface area contributed by atoms with E-state index in [2.05, 4.69) is 26.1 Å². The van der Waals surface area contributed by atoms with Crippen molar-refractivity contribution in [2.45, 2.75) is 71.4 Å². The molecule has 5 atom stereocenters. The van der Waals surface area contributed by atoms with Crippen molar-refractivity contribution in [3.05, 3.63) is 0 Å². The molecule has 2 heteroatoms. The van der Waals surface area contributed by atoms with Crippen LogP contribution in [0.4, 0.5) is 0 Å². The molecule has 3 aliphatic rings. The van der Waals surface area contributed by atoms with Crippen molar-refractivity contribution < 1.29 is 5.11 Å². The van der Waals surface area contributed by atoms with Gasteiger partial charge in [-0.25, -0.2) is 0 Å². The van der Waals surface area contributed by atoms with Gasteiger partial charge < -0.3 is 10.4 Å². The van der Waals surface area contributed by atoms with Crippen LogP contribution in [0.25, 0.3) is 0 Å². The molecule has 0 spiro atoms. The first-order chi connectivity index (χ1) is 8.49. The molecular weight excluding hydrogens is 222 g/mol. The van der Waals surface area contributed by atoms with E-state index in [0.29, 0.717) is 35.4 Å². The summed E-state index contributed by atoms with van der Waals surface area (Å²) in [4.78, 5) is 0. The third-order valence-corrected chi connectivity index (χ3v) is 7.10. The standard InChI is InChI=1S/C16H29NO/c1-15(2)12-7-8-16(15,3)14(9-12)17-13-6-4-5-11(13)10-18/h11-14,17-18H,4-10H2,1-3H3. The first-order valence-electron chi connectivity index (χ1n) is 7.86. The van der Waals surface area contributed by atoms with Gasteiger partial charge in [0.05, 0.1) is 0 Å². The smallest absolute Gasteiger partial charge is 0.0474 e. The second-order valence-electron chi connectivity index (χ2n) is 7.81. The molecule has 5 unspecified atom stereocenters. The molecule has 0 aliphatic heterocycles. The SMILES string of the molecule is CC1(C)C2CCC1(C)C(NC1CCCC1CO)C2. The summed E-state index contributed by atoms with van der Waals surface area (Å²) in [5.41, 5.74) is 0.970. The first-order valence-corrected chi connectivity index (χ1v) is 7.86. The molecule has 0 aromatic heterocycles. The fourth-order valence-corrected chi connectivity index (χ4v) is 5.19. The van der Waals surface area contributed by atoms with Crippen LogP contribution in [-0.2, 0) is 0 Å². The van der Waals surface area contributed by atoms with Crippen LogP contribution in [0.5, 0.6) is 0 Å². The van der Waals surface area contributed by atoms with E-state index < -0.39 is 0 Å². The molecule has 2 bridgehead atoms. The summed E-state index contributed by atoms with van der Waals surface area (Å²) in [7, 11) is 0. The molecule has 0 aromatic carbocycles. The fourth-order valence-electron chi connectivity index (χ4n) is 5.19. The summed E-state index contributed by atoms with van der Waals surface area (Å²) in [6, 6.07) is 1.26. The molecule has 2 nitrogen and oxygen atoms in total. The van der Waals surface area contributed by atoms with Crippen molar-refractivity contribution in [2.75, 3.05) is 6.61 Å². The van der Waals surface area contributed by atoms with Gasteiger partial charge in [-0.2, -0.15) is 0 Å². The molecule has 3 saturated carbocycles. The van der Waals surface area contributed by atoms with Crippen LogP contribution in [0.2, 0.25) is 0 Å². The van der Waals surface area contributed by atoms with Crippen molar-refractivity contribution in [3.8, 4) is 0 Å². The van der Waals surface area contributed by atoms with Crippen LogP contribution >= 0.6 is 0 Å². The Balaban J connectivity index is 1.72. The second kappa shape index (κ2) is 4.21. The van der Waals surface area contributed by atoms with Gasteiger partial charge in [-0.05, 0) is 54.8 Å². The number of aliphatic hydroxyl groups is 1. The van der Waals surface area contributed by atoms with Gasteiger partial charge in [0, 0.05) is 18.7 Å². The average Bonchev–Trinajstić information content (AvgIpc) is 2.91. The number of hydrogen-bond acceptors (Lipinski definition) is 2. The molecule has 0 saturated heterocycles. The van der Waals surface area contributed by atoms with E-state index in [1.54, 1.807) is 0 Å². The molecule has 0 aromatic rings. The van der Waals surface area contributed by atoms with Crippen molar-refractivity contribution >= 4 is 0 Å². The summed E-state index contributed by atoms with van der Waals surface area (Å²) in [5, 5.41) is 13.4. The number of rotatable bonds is 3. The monoisotopic (exact) mass is 251 g/mol. The molecule has 18 heavy (non-hydrogen) atoms. The Bertz CT molecular complexity index is 327. The van der Waals surface area contributed by atoms with E-state index in [1.165, 1.54) is 38.5 Å². The maximum Gasteiger partial charge on any atom is 0.0474 e. The van der Waals surface area contributed by atoms with Gasteiger partial charge in [-0.15, -0.1) is 0 Å². The van der Waals surface area contributed by atoms with E-state index in [4.69, 9.17) is 0 Å². The highest BCUT2D eigenvalue weighted by Gasteiger charge is 2.61. The van der Waals surface area contributed by atoms with Crippen LogP contribution in [0, 0.1) is 22.7 Å². The highest BCUT2D eigenvalue weighted by molar-refractivity contribution is 5.13. The predicted molar refractivity (Wildman–Crippen MR) is 74.4 cm³/mol. The van der Waals surface area contributed by atoms with Crippen molar-refractivity contribution in [3.63, 3.8) is 0 Å². The Labute approximate surface area is 112 Å². The minimum Gasteiger partial charge on any atom is -0.396 e. The lowest BCUT2D eigenvalue weighted by molar-refractivity contribution is 0.105. The van der Waals surface area contributed by atoms with E-state index in [9.17, 15) is 5.11 Å². The van der Waals surface area contributed by atoms with Gasteiger partial charge in [-0.3, -0.25) is 0 Å². The Morgan fingerprint density at radius 2 is 1.94 bits per heavy atom. The Morgan fingerprint density at radius 1 is 1.17 bits per heavy atom. The molecule has 0 radical (unpaired) electrons. The third-order valence-electron chi connectivity index (χ3n) is 7.10. The Kier molecular flexibility index (Phi) is 3.02. The number of nitrogens with one attached hydrogen (secondary N) is 1. The second-order valence-corrected chi connectivity index (χ2v) is 7.81. The minimum atomic E-state index is 0.369. The zero-order valence-electron chi connectivity index (χ0n) is 12.2. The molecule has 3 fully saturated rings. The number of hydrogen-bond donors (Lipinski definition) is 2. The van der Waals surface area contributed by atoms with Gasteiger partial charge in [0.15, 0.2) is 0 Å². The number of aliphatic hydroxyl groups excluding tert-OH is 1. The van der Waals surface area contributed by atoms with E-state index in [1.807, 2.05) is 0 Å². The first kappa shape index (κ1) is 12.9. The predicted octanol–water partition coefficient (Wildman–Crippen LogP) is 2.95. The largest absolute Gasteiger partial charge is 0.396 e. The van der Waals surface area contributed by atoms with Crippen LogP contribution in [0.3, 0.4) is 0 Å². The molecule has 3 rings (SSSR count). The van der Waals surface area contributed by atoms with Crippen LogP contribution < -0.4 is 5.32 Å². The molecule has 0 amide bonds. The summed E-state index contributed by atoms with van der Waals surface area (Å²) in [6.45, 7) is 7.82. The van der Waals surface area contributed by atoms with Gasteiger partial charge in [0.2, 0.25) is 0 Å². The molecule has 104 valence electrons. The Hall–Kier alpha value is -0.0800. The quantitative estimate of drug-likeness (QED) is 0.808. The van der Waals surface area contributed by atoms with Crippen molar-refractivity contribution in [1.82, 2.24) is 5.32 Å². The zero-order valence-corrected chi connectivity index (χ0v) is 12.2. The molecule has 3 aliphatic carbocycles. The average molecular weight is 251 g/mol. The van der Waals surface area contributed by atoms with E-state index >= 15 is 0 Å². The zero-order chi connectivity index (χ0) is 13.0. The van der Waals surface area contributed by atoms with Crippen LogP contribution in [0.1, 0.15) is 59.3 Å². The highest BCUT2D eigenvalue weighted by Crippen LogP contribution is 2.65. The lowest BCUT2D eigenvalue weighted by Gasteiger charge is -2.41. The summed E-state index contributed by atoms with van der Waals surface area (Å²) in [5.74, 6) is 1.42. The summed E-state index contributed by atoms with van der Waals surface area (Å²) >= 11 is 0. The molecular formula is C16H29NO. The Morgan fingerprint density at radius 3 is 2.50 bits per heavy atom. The van der Waals surface area contributed by atoms with Crippen LogP contribution in [0.15, 0.2) is 0 Å². The highest BCUT2D eigenvalue weighted by atomic mass is 16.3. The normalized spacial score (nSPS) is 50.0. The van der Waals surface area contributed by atoms with Gasteiger partial charge >= 0.3 is 0 Å². The van der Waals surface area contributed by atoms with E-state index in [-0.39, 0.29) is 0 Å². The van der Waals surface area contributed by atoms with Gasteiger partial charge in [0.25, 0.3) is 0 Å². The maximum atomic E-state index is 9.47. The lowest BCUT2D eigenvalue weighted by atomic mass is 9.69.